The molecule has 0 heterocycles. The number of nitrogens with two attached hydrogens (primary N) is 1. The highest BCUT2D eigenvalue weighted by molar-refractivity contribution is 7.92. The van der Waals surface area contributed by atoms with E-state index >= 15 is 0 Å². The molecule has 1 saturated carbocycles. The first-order chi connectivity index (χ1) is 12.9. The number of carbonyl (C=O) groups is 1. The van der Waals surface area contributed by atoms with Crippen molar-refractivity contribution in [1.29, 1.82) is 0 Å². The summed E-state index contributed by atoms with van der Waals surface area (Å²) in [5.74, 6) is -0.225. The Morgan fingerprint density at radius 1 is 1.11 bits per heavy atom. The van der Waals surface area contributed by atoms with Gasteiger partial charge in [-0.1, -0.05) is 30.7 Å². The third kappa shape index (κ3) is 5.04. The van der Waals surface area contributed by atoms with Gasteiger partial charge in [-0.2, -0.15) is 0 Å². The van der Waals surface area contributed by atoms with Gasteiger partial charge in [-0.3, -0.25) is 9.10 Å². The van der Waals surface area contributed by atoms with Crippen LogP contribution in [0, 0.1) is 5.92 Å². The summed E-state index contributed by atoms with van der Waals surface area (Å²) in [5.41, 5.74) is 7.01. The topological polar surface area (TPSA) is 92.5 Å². The number of sulfonamides is 1. The smallest absolute Gasteiger partial charge is 0.264 e. The van der Waals surface area contributed by atoms with Crippen molar-refractivity contribution in [2.75, 3.05) is 16.7 Å². The molecule has 152 valence electrons. The fourth-order valence-corrected chi connectivity index (χ4v) is 4.62. The Balaban J connectivity index is 0.00000280. The number of rotatable bonds is 5. The molecule has 3 rings (SSSR count). The van der Waals surface area contributed by atoms with Crippen LogP contribution >= 0.6 is 12.4 Å². The Bertz CT molecular complexity index is 906. The summed E-state index contributed by atoms with van der Waals surface area (Å²) < 4.78 is 27.1. The molecule has 8 heteroatoms. The maximum absolute atomic E-state index is 12.9. The second kappa shape index (κ2) is 9.41. The van der Waals surface area contributed by atoms with Gasteiger partial charge in [0, 0.05) is 24.7 Å². The van der Waals surface area contributed by atoms with Crippen LogP contribution in [0.1, 0.15) is 25.7 Å². The molecule has 6 nitrogen and oxygen atoms in total. The summed E-state index contributed by atoms with van der Waals surface area (Å²) in [5, 5.41) is 2.85. The van der Waals surface area contributed by atoms with Crippen LogP contribution in [-0.2, 0) is 14.8 Å². The Hall–Kier alpha value is -2.09. The zero-order valence-corrected chi connectivity index (χ0v) is 17.4. The zero-order chi connectivity index (χ0) is 19.4. The average Bonchev–Trinajstić information content (AvgIpc) is 2.68. The lowest BCUT2D eigenvalue weighted by Crippen LogP contribution is -2.34. The quantitative estimate of drug-likeness (QED) is 0.770. The Labute approximate surface area is 172 Å². The maximum Gasteiger partial charge on any atom is 0.264 e. The molecule has 0 aromatic heterocycles. The number of nitrogens with zero attached hydrogens (tertiary/aromatic N) is 1. The highest BCUT2D eigenvalue weighted by Gasteiger charge is 2.26. The molecule has 1 amide bonds. The minimum atomic E-state index is -3.72. The van der Waals surface area contributed by atoms with E-state index in [-0.39, 0.29) is 35.2 Å². The van der Waals surface area contributed by atoms with E-state index in [0.29, 0.717) is 17.8 Å². The van der Waals surface area contributed by atoms with E-state index in [0.717, 1.165) is 19.3 Å². The van der Waals surface area contributed by atoms with Crippen LogP contribution in [0.15, 0.2) is 59.5 Å². The standard InChI is InChI=1S/C20H25N3O3S.ClH/c1-23(18-10-3-2-4-11-18)27(25,26)19-12-6-9-17(14-19)22-20(24)15-7-5-8-16(21)13-15;/h2-4,6,9-12,14-16H,5,7-8,13,21H2,1H3,(H,22,24);1H. The van der Waals surface area contributed by atoms with Gasteiger partial charge in [-0.05, 0) is 49.6 Å². The molecule has 1 fully saturated rings. The third-order valence-electron chi connectivity index (χ3n) is 4.97. The van der Waals surface area contributed by atoms with Crippen molar-refractivity contribution < 1.29 is 13.2 Å². The van der Waals surface area contributed by atoms with E-state index in [1.807, 2.05) is 6.07 Å². The number of hydrogen-bond acceptors (Lipinski definition) is 4. The van der Waals surface area contributed by atoms with Crippen molar-refractivity contribution in [1.82, 2.24) is 0 Å². The van der Waals surface area contributed by atoms with Gasteiger partial charge in [0.2, 0.25) is 5.91 Å². The molecule has 2 atom stereocenters. The lowest BCUT2D eigenvalue weighted by Gasteiger charge is -2.25. The van der Waals surface area contributed by atoms with Crippen LogP contribution in [0.5, 0.6) is 0 Å². The third-order valence-corrected chi connectivity index (χ3v) is 6.75. The summed E-state index contributed by atoms with van der Waals surface area (Å²) in [6.07, 6.45) is 3.37. The monoisotopic (exact) mass is 423 g/mol. The molecule has 1 aliphatic carbocycles. The lowest BCUT2D eigenvalue weighted by atomic mass is 9.85. The highest BCUT2D eigenvalue weighted by Crippen LogP contribution is 2.26. The van der Waals surface area contributed by atoms with Gasteiger partial charge in [-0.15, -0.1) is 12.4 Å². The molecule has 28 heavy (non-hydrogen) atoms. The molecule has 0 bridgehead atoms. The predicted molar refractivity (Wildman–Crippen MR) is 114 cm³/mol. The summed E-state index contributed by atoms with van der Waals surface area (Å²) in [7, 11) is -2.21. The van der Waals surface area contributed by atoms with Crippen molar-refractivity contribution in [2.45, 2.75) is 36.6 Å². The number of hydrogen-bond donors (Lipinski definition) is 2. The Morgan fingerprint density at radius 3 is 2.50 bits per heavy atom. The number of anilines is 2. The molecule has 2 aromatic carbocycles. The summed E-state index contributed by atoms with van der Waals surface area (Å²) in [4.78, 5) is 12.6. The highest BCUT2D eigenvalue weighted by atomic mass is 35.5. The van der Waals surface area contributed by atoms with Crippen molar-refractivity contribution in [2.24, 2.45) is 11.7 Å². The fraction of sp³-hybridized carbons (Fsp3) is 0.350. The molecule has 1 aliphatic rings. The summed E-state index contributed by atoms with van der Waals surface area (Å²) >= 11 is 0. The van der Waals surface area contributed by atoms with E-state index in [4.69, 9.17) is 5.73 Å². The molecule has 2 aromatic rings. The van der Waals surface area contributed by atoms with Crippen LogP contribution in [-0.4, -0.2) is 27.4 Å². The molecule has 2 unspecified atom stereocenters. The molecule has 3 N–H and O–H groups in total. The van der Waals surface area contributed by atoms with Gasteiger partial charge >= 0.3 is 0 Å². The predicted octanol–water partition coefficient (Wildman–Crippen LogP) is 3.39. The second-order valence-electron chi connectivity index (χ2n) is 6.95. The molecule has 0 saturated heterocycles. The largest absolute Gasteiger partial charge is 0.328 e. The van der Waals surface area contributed by atoms with Crippen LogP contribution in [0.25, 0.3) is 0 Å². The second-order valence-corrected chi connectivity index (χ2v) is 8.92. The van der Waals surface area contributed by atoms with E-state index in [2.05, 4.69) is 5.32 Å². The first-order valence-corrected chi connectivity index (χ1v) is 10.5. The maximum atomic E-state index is 12.9. The Kier molecular flexibility index (Phi) is 7.46. The minimum Gasteiger partial charge on any atom is -0.328 e. The number of carbonyl (C=O) groups excluding carboxylic acids is 1. The summed E-state index contributed by atoms with van der Waals surface area (Å²) in [6, 6.07) is 15.3. The normalized spacial score (nSPS) is 19.4. The average molecular weight is 424 g/mol. The van der Waals surface area contributed by atoms with Crippen molar-refractivity contribution in [3.63, 3.8) is 0 Å². The van der Waals surface area contributed by atoms with Gasteiger partial charge < -0.3 is 11.1 Å². The van der Waals surface area contributed by atoms with Gasteiger partial charge in [-0.25, -0.2) is 8.42 Å². The van der Waals surface area contributed by atoms with E-state index < -0.39 is 10.0 Å². The van der Waals surface area contributed by atoms with Gasteiger partial charge in [0.25, 0.3) is 10.0 Å². The van der Waals surface area contributed by atoms with Gasteiger partial charge in [0.15, 0.2) is 0 Å². The first kappa shape index (κ1) is 22.2. The first-order valence-electron chi connectivity index (χ1n) is 9.08. The van der Waals surface area contributed by atoms with Crippen LogP contribution in [0.4, 0.5) is 11.4 Å². The van der Waals surface area contributed by atoms with E-state index in [1.54, 1.807) is 36.4 Å². The number of amides is 1. The van der Waals surface area contributed by atoms with Crippen LogP contribution < -0.4 is 15.4 Å². The van der Waals surface area contributed by atoms with Crippen LogP contribution in [0.2, 0.25) is 0 Å². The molecule has 0 aliphatic heterocycles. The molecule has 0 spiro atoms. The van der Waals surface area contributed by atoms with Gasteiger partial charge in [0.05, 0.1) is 10.6 Å². The number of halogens is 1. The molecular formula is C20H26ClN3O3S. The number of benzene rings is 2. The summed E-state index contributed by atoms with van der Waals surface area (Å²) in [6.45, 7) is 0. The SMILES string of the molecule is CN(c1ccccc1)S(=O)(=O)c1cccc(NC(=O)C2CCCC(N)C2)c1.Cl. The van der Waals surface area contributed by atoms with Gasteiger partial charge in [0.1, 0.15) is 0 Å². The van der Waals surface area contributed by atoms with Crippen LogP contribution in [0.3, 0.4) is 0 Å². The lowest BCUT2D eigenvalue weighted by molar-refractivity contribution is -0.120. The van der Waals surface area contributed by atoms with Crippen molar-refractivity contribution in [3.8, 4) is 0 Å². The van der Waals surface area contributed by atoms with Crippen molar-refractivity contribution >= 4 is 39.7 Å². The molecular weight excluding hydrogens is 398 g/mol. The van der Waals surface area contributed by atoms with E-state index in [1.165, 1.54) is 23.5 Å². The van der Waals surface area contributed by atoms with E-state index in [9.17, 15) is 13.2 Å². The minimum absolute atomic E-state index is 0. The van der Waals surface area contributed by atoms with Crippen molar-refractivity contribution in [3.05, 3.63) is 54.6 Å². The number of nitrogens with one attached hydrogen (secondary N) is 1. The zero-order valence-electron chi connectivity index (χ0n) is 15.7. The fourth-order valence-electron chi connectivity index (χ4n) is 3.38. The Morgan fingerprint density at radius 2 is 1.82 bits per heavy atom. The number of para-hydroxylation sites is 1. The molecule has 0 radical (unpaired) electrons.